The van der Waals surface area contributed by atoms with Gasteiger partial charge in [-0.25, -0.2) is 4.79 Å². The number of cyclic esters (lactones) is 1. The number of imide groups is 1. The number of Topliss-reactive ketones (excluding diaryl/α,β-unsaturated/α-hetero) is 2. The second-order valence-corrected chi connectivity index (χ2v) is 9.92. The van der Waals surface area contributed by atoms with Gasteiger partial charge in [0.25, 0.3) is 0 Å². The van der Waals surface area contributed by atoms with Crippen molar-refractivity contribution in [1.82, 2.24) is 5.32 Å². The van der Waals surface area contributed by atoms with Gasteiger partial charge in [0, 0.05) is 37.2 Å². The number of aliphatic hydroxyl groups excluding tert-OH is 2. The molecule has 1 unspecified atom stereocenters. The average molecular weight is 506 g/mol. The molecule has 0 bridgehead atoms. The van der Waals surface area contributed by atoms with Crippen molar-refractivity contribution in [1.29, 1.82) is 0 Å². The van der Waals surface area contributed by atoms with Gasteiger partial charge in [0.1, 0.15) is 11.4 Å². The monoisotopic (exact) mass is 505 g/mol. The van der Waals surface area contributed by atoms with E-state index in [9.17, 15) is 34.2 Å². The molecule has 2 aliphatic heterocycles. The van der Waals surface area contributed by atoms with Gasteiger partial charge in [-0.15, -0.1) is 0 Å². The molecule has 3 N–H and O–H groups in total. The number of rotatable bonds is 16. The van der Waals surface area contributed by atoms with Crippen molar-refractivity contribution >= 4 is 29.4 Å². The molecular formula is C27H39NO8. The van der Waals surface area contributed by atoms with Crippen LogP contribution in [0.1, 0.15) is 90.9 Å². The van der Waals surface area contributed by atoms with Crippen LogP contribution >= 0.6 is 0 Å². The van der Waals surface area contributed by atoms with Gasteiger partial charge in [0.2, 0.25) is 18.1 Å². The number of aliphatic hydroxyl groups is 2. The Morgan fingerprint density at radius 3 is 2.28 bits per heavy atom. The summed E-state index contributed by atoms with van der Waals surface area (Å²) in [6.45, 7) is 3.33. The first kappa shape index (κ1) is 29.6. The fraction of sp³-hybridized carbons (Fsp3) is 0.667. The van der Waals surface area contributed by atoms with Crippen molar-refractivity contribution in [2.45, 2.75) is 103 Å². The summed E-state index contributed by atoms with van der Waals surface area (Å²) in [4.78, 5) is 59.0. The summed E-state index contributed by atoms with van der Waals surface area (Å²) in [6, 6.07) is 0. The molecule has 0 radical (unpaired) electrons. The minimum absolute atomic E-state index is 0.00810. The van der Waals surface area contributed by atoms with Crippen molar-refractivity contribution < 1.29 is 38.9 Å². The lowest BCUT2D eigenvalue weighted by molar-refractivity contribution is -0.152. The van der Waals surface area contributed by atoms with Gasteiger partial charge in [-0.05, 0) is 38.5 Å². The van der Waals surface area contributed by atoms with Crippen molar-refractivity contribution in [3.8, 4) is 0 Å². The van der Waals surface area contributed by atoms with Crippen LogP contribution in [0.5, 0.6) is 0 Å². The molecular weight excluding hydrogens is 466 g/mol. The Bertz CT molecular complexity index is 874. The quantitative estimate of drug-likeness (QED) is 0.0954. The molecule has 0 aromatic rings. The van der Waals surface area contributed by atoms with Crippen molar-refractivity contribution in [2.75, 3.05) is 0 Å². The number of nitrogens with one attached hydrogen (secondary N) is 1. The molecule has 0 spiro atoms. The molecule has 9 nitrogen and oxygen atoms in total. The maximum absolute atomic E-state index is 12.4. The number of ketones is 2. The predicted molar refractivity (Wildman–Crippen MR) is 131 cm³/mol. The Labute approximate surface area is 212 Å². The molecule has 0 saturated carbocycles. The molecule has 3 atom stereocenters. The average Bonchev–Trinajstić information content (AvgIpc) is 3.04. The summed E-state index contributed by atoms with van der Waals surface area (Å²) in [6.07, 6.45) is 9.13. The smallest absolute Gasteiger partial charge is 0.344 e. The SMILES string of the molecule is CC1=C(C(=O)CCCCCCCC/C=C/[C@H](C)C(=O)C[C@H](O)CC2CC(=O)NC(=O)C2)C(=O)OC1O. The van der Waals surface area contributed by atoms with Crippen LogP contribution < -0.4 is 5.32 Å². The second kappa shape index (κ2) is 14.8. The number of hydrogen-bond acceptors (Lipinski definition) is 8. The van der Waals surface area contributed by atoms with E-state index in [-0.39, 0.29) is 78.5 Å². The summed E-state index contributed by atoms with van der Waals surface area (Å²) < 4.78 is 4.64. The first-order valence-electron chi connectivity index (χ1n) is 12.9. The van der Waals surface area contributed by atoms with Crippen LogP contribution in [0.15, 0.2) is 23.3 Å². The van der Waals surface area contributed by atoms with Crippen molar-refractivity contribution in [3.63, 3.8) is 0 Å². The fourth-order valence-electron chi connectivity index (χ4n) is 4.56. The topological polar surface area (TPSA) is 147 Å². The van der Waals surface area contributed by atoms with Crippen LogP contribution in [-0.2, 0) is 28.7 Å². The van der Waals surface area contributed by atoms with Crippen molar-refractivity contribution in [3.05, 3.63) is 23.3 Å². The van der Waals surface area contributed by atoms with Crippen molar-refractivity contribution in [2.24, 2.45) is 11.8 Å². The lowest BCUT2D eigenvalue weighted by Crippen LogP contribution is -2.39. The van der Waals surface area contributed by atoms with E-state index >= 15 is 0 Å². The normalized spacial score (nSPS) is 20.6. The number of carbonyl (C=O) groups is 5. The number of unbranched alkanes of at least 4 members (excludes halogenated alkanes) is 6. The fourth-order valence-corrected chi connectivity index (χ4v) is 4.56. The number of carbonyl (C=O) groups excluding carboxylic acids is 5. The maximum atomic E-state index is 12.4. The van der Waals surface area contributed by atoms with Gasteiger partial charge in [0.15, 0.2) is 5.78 Å². The van der Waals surface area contributed by atoms with Crippen LogP contribution in [0.2, 0.25) is 0 Å². The number of esters is 1. The Balaban J connectivity index is 1.51. The summed E-state index contributed by atoms with van der Waals surface area (Å²) >= 11 is 0. The summed E-state index contributed by atoms with van der Waals surface area (Å²) in [5, 5.41) is 21.9. The van der Waals surface area contributed by atoms with E-state index in [2.05, 4.69) is 10.1 Å². The van der Waals surface area contributed by atoms with E-state index < -0.39 is 18.4 Å². The highest BCUT2D eigenvalue weighted by atomic mass is 16.6. The van der Waals surface area contributed by atoms with Crippen LogP contribution in [0, 0.1) is 11.8 Å². The largest absolute Gasteiger partial charge is 0.428 e. The summed E-state index contributed by atoms with van der Waals surface area (Å²) in [7, 11) is 0. The highest BCUT2D eigenvalue weighted by Crippen LogP contribution is 2.24. The van der Waals surface area contributed by atoms with E-state index in [0.29, 0.717) is 6.42 Å². The molecule has 200 valence electrons. The zero-order valence-corrected chi connectivity index (χ0v) is 21.3. The van der Waals surface area contributed by atoms with Gasteiger partial charge < -0.3 is 14.9 Å². The number of hydrogen-bond donors (Lipinski definition) is 3. The standard InChI is InChI=1S/C27H39NO8/c1-17(22(31)16-20(29)13-19-14-23(32)28-24(33)15-19)11-9-7-5-3-4-6-8-10-12-21(30)25-18(2)26(34)36-27(25)35/h9,11,17,19-20,26,29,34H,3-8,10,12-16H2,1-2H3,(H,28,32,33)/b11-9+/t17-,20+,26?/m0/s1. The van der Waals surface area contributed by atoms with Gasteiger partial charge >= 0.3 is 5.97 Å². The predicted octanol–water partition coefficient (Wildman–Crippen LogP) is 2.82. The minimum atomic E-state index is -1.30. The summed E-state index contributed by atoms with van der Waals surface area (Å²) in [5.41, 5.74) is 0.282. The molecule has 9 heteroatoms. The summed E-state index contributed by atoms with van der Waals surface area (Å²) in [5.74, 6) is -2.25. The Hall–Kier alpha value is -2.65. The first-order chi connectivity index (χ1) is 17.1. The molecule has 0 aromatic heterocycles. The molecule has 1 saturated heterocycles. The molecule has 2 aliphatic rings. The van der Waals surface area contributed by atoms with Crippen LogP contribution in [-0.4, -0.2) is 52.0 Å². The van der Waals surface area contributed by atoms with Crippen LogP contribution in [0.3, 0.4) is 0 Å². The van der Waals surface area contributed by atoms with E-state index in [1.54, 1.807) is 6.92 Å². The third-order valence-electron chi connectivity index (χ3n) is 6.69. The Morgan fingerprint density at radius 2 is 1.67 bits per heavy atom. The van der Waals surface area contributed by atoms with Gasteiger partial charge in [0.05, 0.1) is 6.10 Å². The third kappa shape index (κ3) is 9.78. The van der Waals surface area contributed by atoms with Gasteiger partial charge in [-0.3, -0.25) is 24.5 Å². The number of ether oxygens (including phenoxy) is 1. The van der Waals surface area contributed by atoms with E-state index in [1.807, 2.05) is 12.2 Å². The van der Waals surface area contributed by atoms with E-state index in [1.165, 1.54) is 6.92 Å². The van der Waals surface area contributed by atoms with E-state index in [4.69, 9.17) is 0 Å². The van der Waals surface area contributed by atoms with Gasteiger partial charge in [-0.1, -0.05) is 44.8 Å². The zero-order chi connectivity index (χ0) is 26.7. The lowest BCUT2D eigenvalue weighted by atomic mass is 9.88. The molecule has 1 fully saturated rings. The third-order valence-corrected chi connectivity index (χ3v) is 6.69. The molecule has 2 rings (SSSR count). The van der Waals surface area contributed by atoms with Crippen LogP contribution in [0.25, 0.3) is 0 Å². The number of piperidine rings is 1. The molecule has 36 heavy (non-hydrogen) atoms. The molecule has 0 aromatic carbocycles. The lowest BCUT2D eigenvalue weighted by Gasteiger charge is -2.23. The second-order valence-electron chi connectivity index (χ2n) is 9.92. The highest BCUT2D eigenvalue weighted by Gasteiger charge is 2.33. The molecule has 0 aliphatic carbocycles. The highest BCUT2D eigenvalue weighted by molar-refractivity contribution is 6.19. The maximum Gasteiger partial charge on any atom is 0.344 e. The number of allylic oxidation sites excluding steroid dienone is 2. The minimum Gasteiger partial charge on any atom is -0.428 e. The Kier molecular flexibility index (Phi) is 12.2. The van der Waals surface area contributed by atoms with E-state index in [0.717, 1.165) is 38.5 Å². The molecule has 2 heterocycles. The zero-order valence-electron chi connectivity index (χ0n) is 21.3. The molecule has 2 amide bonds. The Morgan fingerprint density at radius 1 is 1.06 bits per heavy atom. The van der Waals surface area contributed by atoms with Gasteiger partial charge in [-0.2, -0.15) is 0 Å². The van der Waals surface area contributed by atoms with Crippen LogP contribution in [0.4, 0.5) is 0 Å². The first-order valence-corrected chi connectivity index (χ1v) is 12.9. The number of amides is 2.